The summed E-state index contributed by atoms with van der Waals surface area (Å²) in [6, 6.07) is 17.0. The van der Waals surface area contributed by atoms with Crippen LogP contribution in [0.4, 0.5) is 0 Å². The summed E-state index contributed by atoms with van der Waals surface area (Å²) >= 11 is 0. The van der Waals surface area contributed by atoms with E-state index in [2.05, 4.69) is 11.1 Å². The molecule has 2 aromatic carbocycles. The number of allylic oxidation sites excluding steroid dienone is 6. The van der Waals surface area contributed by atoms with E-state index in [-0.39, 0.29) is 22.6 Å². The second-order valence-electron chi connectivity index (χ2n) is 9.24. The average molecular weight is 434 g/mol. The van der Waals surface area contributed by atoms with Gasteiger partial charge in [-0.3, -0.25) is 14.6 Å². The summed E-state index contributed by atoms with van der Waals surface area (Å²) in [5.41, 5.74) is 3.24. The lowest BCUT2D eigenvalue weighted by atomic mass is 9.89. The Kier molecular flexibility index (Phi) is 4.94. The van der Waals surface area contributed by atoms with Gasteiger partial charge in [-0.2, -0.15) is 0 Å². The lowest BCUT2D eigenvalue weighted by molar-refractivity contribution is 0.0987. The molecule has 3 aromatic rings. The van der Waals surface area contributed by atoms with Crippen LogP contribution in [0.2, 0.25) is 0 Å². The summed E-state index contributed by atoms with van der Waals surface area (Å²) in [6.45, 7) is 6.11. The molecule has 1 aromatic heterocycles. The lowest BCUT2D eigenvalue weighted by Crippen LogP contribution is -2.16. The van der Waals surface area contributed by atoms with E-state index >= 15 is 0 Å². The lowest BCUT2D eigenvalue weighted by Gasteiger charge is -2.27. The van der Waals surface area contributed by atoms with Crippen LogP contribution < -0.4 is 0 Å². The SMILES string of the molecule is CC(C)(C)C1=CC(=C2C(=O)c3ccccc3C2=O)C=C(C=Cc2cnc3ccccc3c2)O1. The van der Waals surface area contributed by atoms with Gasteiger partial charge in [0, 0.05) is 28.1 Å². The van der Waals surface area contributed by atoms with Gasteiger partial charge in [-0.15, -0.1) is 0 Å². The Hall–Kier alpha value is -4.05. The minimum atomic E-state index is -0.304. The fourth-order valence-electron chi connectivity index (χ4n) is 3.99. The van der Waals surface area contributed by atoms with Gasteiger partial charge in [0.1, 0.15) is 11.5 Å². The molecule has 2 heterocycles. The van der Waals surface area contributed by atoms with Crippen molar-refractivity contribution < 1.29 is 14.3 Å². The van der Waals surface area contributed by atoms with E-state index in [9.17, 15) is 9.59 Å². The van der Waals surface area contributed by atoms with Gasteiger partial charge >= 0.3 is 0 Å². The van der Waals surface area contributed by atoms with E-state index in [1.54, 1.807) is 30.3 Å². The van der Waals surface area contributed by atoms with Crippen molar-refractivity contribution >= 4 is 28.5 Å². The summed E-state index contributed by atoms with van der Waals surface area (Å²) in [7, 11) is 0. The summed E-state index contributed by atoms with van der Waals surface area (Å²) in [5.74, 6) is 0.778. The van der Waals surface area contributed by atoms with Crippen LogP contribution in [0.5, 0.6) is 0 Å². The van der Waals surface area contributed by atoms with Crippen molar-refractivity contribution in [3.8, 4) is 0 Å². The third-order valence-corrected chi connectivity index (χ3v) is 5.76. The van der Waals surface area contributed by atoms with Crippen molar-refractivity contribution in [1.29, 1.82) is 0 Å². The number of ketones is 2. The van der Waals surface area contributed by atoms with Crippen LogP contribution in [0, 0.1) is 5.41 Å². The van der Waals surface area contributed by atoms with Gasteiger partial charge in [-0.1, -0.05) is 63.2 Å². The molecule has 0 N–H and O–H groups in total. The number of pyridine rings is 1. The number of hydrogen-bond acceptors (Lipinski definition) is 4. The molecule has 33 heavy (non-hydrogen) atoms. The molecule has 162 valence electrons. The molecule has 0 fully saturated rings. The van der Waals surface area contributed by atoms with Crippen LogP contribution >= 0.6 is 0 Å². The highest BCUT2D eigenvalue weighted by molar-refractivity contribution is 6.40. The summed E-state index contributed by atoms with van der Waals surface area (Å²) < 4.78 is 6.16. The Morgan fingerprint density at radius 2 is 1.52 bits per heavy atom. The fraction of sp³-hybridized carbons (Fsp3) is 0.138. The molecule has 0 saturated heterocycles. The monoisotopic (exact) mass is 433 g/mol. The maximum absolute atomic E-state index is 13.1. The molecule has 0 saturated carbocycles. The van der Waals surface area contributed by atoms with Gasteiger partial charge in [0.15, 0.2) is 11.6 Å². The summed E-state index contributed by atoms with van der Waals surface area (Å²) in [5, 5.41) is 1.05. The molecular weight excluding hydrogens is 410 g/mol. The molecule has 0 radical (unpaired) electrons. The number of benzene rings is 2. The van der Waals surface area contributed by atoms with Crippen LogP contribution in [0.3, 0.4) is 0 Å². The minimum Gasteiger partial charge on any atom is -0.461 e. The van der Waals surface area contributed by atoms with Gasteiger partial charge in [-0.25, -0.2) is 0 Å². The van der Waals surface area contributed by atoms with Crippen molar-refractivity contribution in [2.75, 3.05) is 0 Å². The Labute approximate surface area is 192 Å². The Morgan fingerprint density at radius 1 is 0.848 bits per heavy atom. The predicted molar refractivity (Wildman–Crippen MR) is 130 cm³/mol. The molecule has 5 rings (SSSR count). The van der Waals surface area contributed by atoms with Gasteiger partial charge < -0.3 is 4.74 Å². The molecule has 4 nitrogen and oxygen atoms in total. The first-order valence-electron chi connectivity index (χ1n) is 10.9. The Bertz CT molecular complexity index is 1410. The van der Waals surface area contributed by atoms with Crippen molar-refractivity contribution in [3.63, 3.8) is 0 Å². The number of ether oxygens (including phenoxy) is 1. The van der Waals surface area contributed by atoms with Crippen molar-refractivity contribution in [3.05, 3.63) is 118 Å². The Balaban J connectivity index is 1.57. The molecule has 0 amide bonds. The molecule has 4 heteroatoms. The number of hydrogen-bond donors (Lipinski definition) is 0. The predicted octanol–water partition coefficient (Wildman–Crippen LogP) is 6.47. The number of rotatable bonds is 2. The molecule has 0 unspecified atom stereocenters. The number of carbonyl (C=O) groups is 2. The molecular formula is C29H23NO3. The van der Waals surface area contributed by atoms with Gasteiger partial charge in [0.25, 0.3) is 0 Å². The van der Waals surface area contributed by atoms with Gasteiger partial charge in [0.05, 0.1) is 11.1 Å². The zero-order valence-corrected chi connectivity index (χ0v) is 18.8. The first kappa shape index (κ1) is 20.8. The van der Waals surface area contributed by atoms with Crippen molar-refractivity contribution in [2.45, 2.75) is 20.8 Å². The number of para-hydroxylation sites is 1. The molecule has 0 spiro atoms. The summed E-state index contributed by atoms with van der Waals surface area (Å²) in [4.78, 5) is 30.6. The minimum absolute atomic E-state index is 0.194. The van der Waals surface area contributed by atoms with E-state index in [0.29, 0.717) is 28.2 Å². The normalized spacial score (nSPS) is 16.2. The van der Waals surface area contributed by atoms with Gasteiger partial charge in [-0.05, 0) is 47.6 Å². The molecule has 2 aliphatic rings. The van der Waals surface area contributed by atoms with Crippen LogP contribution in [0.1, 0.15) is 47.1 Å². The third kappa shape index (κ3) is 3.85. The molecule has 0 atom stereocenters. The maximum atomic E-state index is 13.1. The highest BCUT2D eigenvalue weighted by Gasteiger charge is 2.36. The third-order valence-electron chi connectivity index (χ3n) is 5.76. The van der Waals surface area contributed by atoms with Crippen molar-refractivity contribution in [2.24, 2.45) is 5.41 Å². The van der Waals surface area contributed by atoms with E-state index in [1.807, 2.05) is 69.5 Å². The number of carbonyl (C=O) groups excluding carboxylic acids is 2. The molecule has 1 aliphatic carbocycles. The van der Waals surface area contributed by atoms with Crippen LogP contribution in [-0.4, -0.2) is 16.6 Å². The van der Waals surface area contributed by atoms with Crippen LogP contribution in [0.25, 0.3) is 17.0 Å². The van der Waals surface area contributed by atoms with E-state index in [1.165, 1.54) is 0 Å². The average Bonchev–Trinajstić information content (AvgIpc) is 3.07. The van der Waals surface area contributed by atoms with Crippen LogP contribution in [-0.2, 0) is 4.74 Å². The highest BCUT2D eigenvalue weighted by atomic mass is 16.5. The quantitative estimate of drug-likeness (QED) is 0.343. The van der Waals surface area contributed by atoms with Crippen molar-refractivity contribution in [1.82, 2.24) is 4.98 Å². The molecule has 0 bridgehead atoms. The number of Topliss-reactive ketones (excluding diaryl/α,β-unsaturated/α-hetero) is 2. The zero-order valence-electron chi connectivity index (χ0n) is 18.8. The maximum Gasteiger partial charge on any atom is 0.198 e. The number of nitrogens with zero attached hydrogens (tertiary/aromatic N) is 1. The van der Waals surface area contributed by atoms with E-state index in [0.717, 1.165) is 16.5 Å². The Morgan fingerprint density at radius 3 is 2.21 bits per heavy atom. The largest absolute Gasteiger partial charge is 0.461 e. The zero-order chi connectivity index (χ0) is 23.2. The number of aromatic nitrogens is 1. The second-order valence-corrected chi connectivity index (χ2v) is 9.24. The van der Waals surface area contributed by atoms with E-state index < -0.39 is 0 Å². The highest BCUT2D eigenvalue weighted by Crippen LogP contribution is 2.37. The first-order chi connectivity index (χ1) is 15.8. The fourth-order valence-corrected chi connectivity index (χ4v) is 3.99. The standard InChI is InChI=1S/C29H23NO3/c1-29(2,3)25-16-20(26-27(31)22-9-5-6-10-23(22)28(26)32)15-21(33-25)13-12-18-14-19-8-4-7-11-24(19)30-17-18/h4-17H,1-3H3. The number of fused-ring (bicyclic) bond motifs is 2. The van der Waals surface area contributed by atoms with Gasteiger partial charge in [0.2, 0.25) is 0 Å². The summed E-state index contributed by atoms with van der Waals surface area (Å²) in [6.07, 6.45) is 9.15. The topological polar surface area (TPSA) is 56.3 Å². The first-order valence-corrected chi connectivity index (χ1v) is 10.9. The van der Waals surface area contributed by atoms with E-state index in [4.69, 9.17) is 4.74 Å². The second kappa shape index (κ2) is 7.82. The molecule has 1 aliphatic heterocycles. The van der Waals surface area contributed by atoms with Crippen LogP contribution in [0.15, 0.2) is 102 Å². The smallest absolute Gasteiger partial charge is 0.198 e.